The number of hydrogen-bond acceptors (Lipinski definition) is 7. The summed E-state index contributed by atoms with van der Waals surface area (Å²) in [5.74, 6) is -0.205. The minimum atomic E-state index is -0.956. The van der Waals surface area contributed by atoms with Gasteiger partial charge in [0, 0.05) is 29.4 Å². The highest BCUT2D eigenvalue weighted by atomic mass is 32.2. The van der Waals surface area contributed by atoms with E-state index in [-0.39, 0.29) is 11.6 Å². The molecular formula is C24H27F2N3O3S. The predicted octanol–water partition coefficient (Wildman–Crippen LogP) is 4.78. The first-order chi connectivity index (χ1) is 15.7. The van der Waals surface area contributed by atoms with Gasteiger partial charge in [0.05, 0.1) is 18.3 Å². The van der Waals surface area contributed by atoms with E-state index in [1.54, 1.807) is 13.2 Å². The number of fused-ring (bicyclic) bond motifs is 1. The zero-order chi connectivity index (χ0) is 23.8. The summed E-state index contributed by atoms with van der Waals surface area (Å²) in [7, 11) is 1.62. The molecule has 0 aliphatic carbocycles. The standard InChI is InChI=1S/C24H27F2N3O3S/c1-14-23(2,13-30-4)33-22(27)29-24(14,3)16-9-15(5-6-17(16)25)10-18(26)19-11-20-21(12-28-19)32-8-7-31-20/h5-6,9-12,14H,7-8,13H2,1-4H3,(H2,27,29)/b18-10-/t14-,23-,24+/m1/s1. The molecule has 2 aliphatic rings. The average Bonchev–Trinajstić information content (AvgIpc) is 2.78. The number of thioether (sulfide) groups is 1. The van der Waals surface area contributed by atoms with Crippen molar-refractivity contribution in [2.24, 2.45) is 16.6 Å². The van der Waals surface area contributed by atoms with Gasteiger partial charge >= 0.3 is 0 Å². The molecule has 0 bridgehead atoms. The van der Waals surface area contributed by atoms with E-state index in [0.29, 0.717) is 47.6 Å². The first-order valence-corrected chi connectivity index (χ1v) is 11.4. The van der Waals surface area contributed by atoms with Crippen LogP contribution in [0.5, 0.6) is 11.5 Å². The lowest BCUT2D eigenvalue weighted by Gasteiger charge is -2.47. The highest BCUT2D eigenvalue weighted by Crippen LogP contribution is 2.50. The maximum atomic E-state index is 15.1. The van der Waals surface area contributed by atoms with Crippen molar-refractivity contribution in [3.63, 3.8) is 0 Å². The maximum absolute atomic E-state index is 15.1. The fraction of sp³-hybridized carbons (Fsp3) is 0.417. The fourth-order valence-electron chi connectivity index (χ4n) is 4.33. The lowest BCUT2D eigenvalue weighted by Crippen LogP contribution is -2.50. The number of pyridine rings is 1. The number of hydrogen-bond donors (Lipinski definition) is 1. The van der Waals surface area contributed by atoms with Gasteiger partial charge in [-0.25, -0.2) is 13.8 Å². The van der Waals surface area contributed by atoms with E-state index >= 15 is 8.78 Å². The van der Waals surface area contributed by atoms with Gasteiger partial charge < -0.3 is 19.9 Å². The van der Waals surface area contributed by atoms with Gasteiger partial charge in [-0.3, -0.25) is 4.99 Å². The van der Waals surface area contributed by atoms with Gasteiger partial charge in [0.1, 0.15) is 30.6 Å². The number of halogens is 2. The van der Waals surface area contributed by atoms with Crippen molar-refractivity contribution in [2.45, 2.75) is 31.1 Å². The molecule has 6 nitrogen and oxygen atoms in total. The van der Waals surface area contributed by atoms with Gasteiger partial charge in [-0.2, -0.15) is 0 Å². The Hall–Kier alpha value is -2.65. The number of aliphatic imine (C=N–C) groups is 1. The average molecular weight is 476 g/mol. The van der Waals surface area contributed by atoms with E-state index in [9.17, 15) is 0 Å². The van der Waals surface area contributed by atoms with Crippen molar-refractivity contribution < 1.29 is 23.0 Å². The Morgan fingerprint density at radius 2 is 2.00 bits per heavy atom. The monoisotopic (exact) mass is 475 g/mol. The second-order valence-corrected chi connectivity index (χ2v) is 10.2. The summed E-state index contributed by atoms with van der Waals surface area (Å²) in [5.41, 5.74) is 6.12. The van der Waals surface area contributed by atoms with Gasteiger partial charge in [0.25, 0.3) is 0 Å². The van der Waals surface area contributed by atoms with Crippen molar-refractivity contribution in [3.8, 4) is 11.5 Å². The molecule has 2 aromatic rings. The molecule has 0 fully saturated rings. The number of amidine groups is 1. The zero-order valence-corrected chi connectivity index (χ0v) is 19.8. The number of nitrogens with two attached hydrogens (primary N) is 1. The van der Waals surface area contributed by atoms with E-state index in [0.717, 1.165) is 0 Å². The third kappa shape index (κ3) is 4.44. The van der Waals surface area contributed by atoms with E-state index in [1.165, 1.54) is 42.2 Å². The SMILES string of the molecule is COC[C@@]1(C)SC(N)=N[C@](C)(c2cc(/C=C(\F)c3cc4c(cn3)OCCO4)ccc2F)[C@@H]1C. The topological polar surface area (TPSA) is 79.0 Å². The van der Waals surface area contributed by atoms with Crippen LogP contribution in [0.2, 0.25) is 0 Å². The smallest absolute Gasteiger partial charge is 0.179 e. The van der Waals surface area contributed by atoms with Crippen molar-refractivity contribution in [3.05, 3.63) is 53.1 Å². The lowest BCUT2D eigenvalue weighted by molar-refractivity contribution is 0.124. The van der Waals surface area contributed by atoms with E-state index < -0.39 is 21.9 Å². The van der Waals surface area contributed by atoms with E-state index in [2.05, 4.69) is 9.98 Å². The van der Waals surface area contributed by atoms with Gasteiger partial charge in [-0.1, -0.05) is 24.8 Å². The molecule has 4 rings (SSSR count). The second kappa shape index (κ2) is 8.95. The first-order valence-electron chi connectivity index (χ1n) is 10.6. The molecule has 176 valence electrons. The molecule has 33 heavy (non-hydrogen) atoms. The van der Waals surface area contributed by atoms with Crippen molar-refractivity contribution in [2.75, 3.05) is 26.9 Å². The maximum Gasteiger partial charge on any atom is 0.179 e. The summed E-state index contributed by atoms with van der Waals surface area (Å²) < 4.78 is 46.1. The molecule has 0 spiro atoms. The molecule has 0 saturated carbocycles. The molecule has 2 N–H and O–H groups in total. The van der Waals surface area contributed by atoms with Crippen LogP contribution in [0.25, 0.3) is 11.9 Å². The number of benzene rings is 1. The minimum Gasteiger partial charge on any atom is -0.486 e. The fourth-order valence-corrected chi connectivity index (χ4v) is 5.62. The summed E-state index contributed by atoms with van der Waals surface area (Å²) in [6, 6.07) is 5.95. The van der Waals surface area contributed by atoms with Crippen LogP contribution < -0.4 is 15.2 Å². The van der Waals surface area contributed by atoms with Crippen LogP contribution in [-0.2, 0) is 10.3 Å². The molecule has 3 atom stereocenters. The molecule has 9 heteroatoms. The van der Waals surface area contributed by atoms with Crippen LogP contribution in [0, 0.1) is 11.7 Å². The van der Waals surface area contributed by atoms with Crippen molar-refractivity contribution >= 4 is 28.8 Å². The normalized spacial score (nSPS) is 27.3. The molecular weight excluding hydrogens is 448 g/mol. The molecule has 0 unspecified atom stereocenters. The van der Waals surface area contributed by atoms with E-state index in [1.807, 2.05) is 20.8 Å². The largest absolute Gasteiger partial charge is 0.486 e. The lowest BCUT2D eigenvalue weighted by atomic mass is 9.73. The molecule has 0 radical (unpaired) electrons. The Morgan fingerprint density at radius 1 is 1.27 bits per heavy atom. The Morgan fingerprint density at radius 3 is 2.73 bits per heavy atom. The number of rotatable bonds is 5. The van der Waals surface area contributed by atoms with Crippen molar-refractivity contribution in [1.29, 1.82) is 0 Å². The molecule has 0 amide bonds. The predicted molar refractivity (Wildman–Crippen MR) is 127 cm³/mol. The summed E-state index contributed by atoms with van der Waals surface area (Å²) in [4.78, 5) is 8.75. The van der Waals surface area contributed by atoms with Gasteiger partial charge in [0.2, 0.25) is 0 Å². The third-order valence-corrected chi connectivity index (χ3v) is 7.61. The van der Waals surface area contributed by atoms with Gasteiger partial charge in [0.15, 0.2) is 16.7 Å². The summed E-state index contributed by atoms with van der Waals surface area (Å²) >= 11 is 1.43. The third-order valence-electron chi connectivity index (χ3n) is 6.37. The molecule has 1 aromatic heterocycles. The number of methoxy groups -OCH3 is 1. The van der Waals surface area contributed by atoms with Crippen LogP contribution in [0.15, 0.2) is 35.5 Å². The number of ether oxygens (including phenoxy) is 3. The first kappa shape index (κ1) is 23.5. The van der Waals surface area contributed by atoms with Gasteiger partial charge in [-0.05, 0) is 37.6 Å². The summed E-state index contributed by atoms with van der Waals surface area (Å²) in [5, 5.41) is 0.363. The zero-order valence-electron chi connectivity index (χ0n) is 19.0. The second-order valence-electron chi connectivity index (χ2n) is 8.61. The van der Waals surface area contributed by atoms with E-state index in [4.69, 9.17) is 19.9 Å². The Kier molecular flexibility index (Phi) is 6.37. The quantitative estimate of drug-likeness (QED) is 0.671. The number of aromatic nitrogens is 1. The highest BCUT2D eigenvalue weighted by Gasteiger charge is 2.50. The molecule has 2 aliphatic heterocycles. The molecule has 3 heterocycles. The minimum absolute atomic E-state index is 0.105. The van der Waals surface area contributed by atoms with Crippen LogP contribution in [0.3, 0.4) is 0 Å². The molecule has 0 saturated heterocycles. The Labute approximate surface area is 196 Å². The summed E-state index contributed by atoms with van der Waals surface area (Å²) in [6.45, 7) is 7.13. The Bertz CT molecular complexity index is 1130. The van der Waals surface area contributed by atoms with Crippen LogP contribution in [-0.4, -0.2) is 41.8 Å². The van der Waals surface area contributed by atoms with Crippen LogP contribution in [0.1, 0.15) is 37.6 Å². The van der Waals surface area contributed by atoms with Crippen LogP contribution >= 0.6 is 11.8 Å². The summed E-state index contributed by atoms with van der Waals surface area (Å²) in [6.07, 6.45) is 2.75. The van der Waals surface area contributed by atoms with Crippen molar-refractivity contribution in [1.82, 2.24) is 4.98 Å². The van der Waals surface area contributed by atoms with Crippen LogP contribution in [0.4, 0.5) is 8.78 Å². The molecule has 1 aromatic carbocycles. The number of nitrogens with zero attached hydrogens (tertiary/aromatic N) is 2. The van der Waals surface area contributed by atoms with Gasteiger partial charge in [-0.15, -0.1) is 0 Å². The highest BCUT2D eigenvalue weighted by molar-refractivity contribution is 8.15. The Balaban J connectivity index is 1.71.